The summed E-state index contributed by atoms with van der Waals surface area (Å²) in [5.41, 5.74) is 2.89. The molecule has 1 N–H and O–H groups in total. The maximum atomic E-state index is 11.1. The summed E-state index contributed by atoms with van der Waals surface area (Å²) in [7, 11) is -4.09. The molecule has 1 aliphatic carbocycles. The predicted octanol–water partition coefficient (Wildman–Crippen LogP) is 1.39. The molecule has 1 aliphatic heterocycles. The second-order valence-corrected chi connectivity index (χ2v) is 5.48. The van der Waals surface area contributed by atoms with Gasteiger partial charge < -0.3 is 0 Å². The summed E-state index contributed by atoms with van der Waals surface area (Å²) in [6.07, 6.45) is 7.28. The molecule has 0 saturated carbocycles. The van der Waals surface area contributed by atoms with Gasteiger partial charge in [-0.25, -0.2) is 0 Å². The summed E-state index contributed by atoms with van der Waals surface area (Å²) in [5, 5.41) is 0. The minimum absolute atomic E-state index is 0.0425. The van der Waals surface area contributed by atoms with Crippen LogP contribution in [0.3, 0.4) is 0 Å². The molecule has 0 bridgehead atoms. The van der Waals surface area contributed by atoms with Gasteiger partial charge in [0, 0.05) is 36.3 Å². The SMILES string of the molecule is O=S(=O)(O)C1=CC=C2C(=Cc3cccc[n+]32)C1. The molecule has 0 atom stereocenters. The van der Waals surface area contributed by atoms with Crippen LogP contribution in [0.5, 0.6) is 0 Å². The van der Waals surface area contributed by atoms with Crippen LogP contribution in [-0.2, 0) is 10.1 Å². The molecule has 0 spiro atoms. The molecule has 3 rings (SSSR count). The zero-order valence-electron chi connectivity index (χ0n) is 8.87. The Morgan fingerprint density at radius 2 is 2.06 bits per heavy atom. The average Bonchev–Trinajstić information content (AvgIpc) is 2.65. The van der Waals surface area contributed by atoms with E-state index in [1.54, 1.807) is 6.08 Å². The molecule has 0 amide bonds. The Balaban J connectivity index is 2.12. The molecule has 4 nitrogen and oxygen atoms in total. The van der Waals surface area contributed by atoms with Gasteiger partial charge in [-0.2, -0.15) is 13.0 Å². The average molecular weight is 248 g/mol. The van der Waals surface area contributed by atoms with Gasteiger partial charge in [0.25, 0.3) is 10.1 Å². The van der Waals surface area contributed by atoms with Crippen molar-refractivity contribution in [2.75, 3.05) is 0 Å². The lowest BCUT2D eigenvalue weighted by Gasteiger charge is -2.08. The van der Waals surface area contributed by atoms with Gasteiger partial charge in [0.1, 0.15) is 0 Å². The van der Waals surface area contributed by atoms with E-state index in [0.29, 0.717) is 0 Å². The lowest BCUT2D eigenvalue weighted by Crippen LogP contribution is -2.32. The lowest BCUT2D eigenvalue weighted by molar-refractivity contribution is -0.578. The van der Waals surface area contributed by atoms with Gasteiger partial charge in [0.15, 0.2) is 6.20 Å². The molecule has 1 aromatic rings. The molecule has 0 radical (unpaired) electrons. The van der Waals surface area contributed by atoms with Crippen molar-refractivity contribution in [1.82, 2.24) is 0 Å². The highest BCUT2D eigenvalue weighted by Gasteiger charge is 2.31. The first-order valence-electron chi connectivity index (χ1n) is 5.16. The number of hydrogen-bond acceptors (Lipinski definition) is 2. The van der Waals surface area contributed by atoms with E-state index in [0.717, 1.165) is 17.0 Å². The fourth-order valence-electron chi connectivity index (χ4n) is 2.13. The summed E-state index contributed by atoms with van der Waals surface area (Å²) in [4.78, 5) is 0.0425. The highest BCUT2D eigenvalue weighted by molar-refractivity contribution is 7.89. The molecule has 17 heavy (non-hydrogen) atoms. The highest BCUT2D eigenvalue weighted by Crippen LogP contribution is 2.32. The number of aromatic nitrogens is 1. The van der Waals surface area contributed by atoms with E-state index in [4.69, 9.17) is 4.55 Å². The molecular formula is C12H10NO3S+. The first kappa shape index (κ1) is 10.4. The number of allylic oxidation sites excluding steroid dienone is 5. The van der Waals surface area contributed by atoms with E-state index in [-0.39, 0.29) is 11.3 Å². The standard InChI is InChI=1S/C12H9NO3S/c14-17(15,16)11-4-5-12-9(8-11)7-10-3-1-2-6-13(10)12/h1-7H,8H2/p+1. The van der Waals surface area contributed by atoms with E-state index in [1.807, 2.05) is 35.0 Å². The molecule has 0 aromatic carbocycles. The molecule has 1 aromatic heterocycles. The van der Waals surface area contributed by atoms with Crippen molar-refractivity contribution < 1.29 is 17.5 Å². The largest absolute Gasteiger partial charge is 0.290 e. The van der Waals surface area contributed by atoms with Crippen LogP contribution in [0, 0.1) is 0 Å². The van der Waals surface area contributed by atoms with Crippen LogP contribution >= 0.6 is 0 Å². The molecule has 2 heterocycles. The lowest BCUT2D eigenvalue weighted by atomic mass is 10.1. The Morgan fingerprint density at radius 3 is 2.82 bits per heavy atom. The smallest absolute Gasteiger partial charge is 0.282 e. The predicted molar refractivity (Wildman–Crippen MR) is 63.1 cm³/mol. The van der Waals surface area contributed by atoms with Crippen LogP contribution in [-0.4, -0.2) is 13.0 Å². The summed E-state index contributed by atoms with van der Waals surface area (Å²) >= 11 is 0. The first-order chi connectivity index (χ1) is 8.05. The van der Waals surface area contributed by atoms with E-state index >= 15 is 0 Å². The van der Waals surface area contributed by atoms with Gasteiger partial charge in [0.2, 0.25) is 11.4 Å². The van der Waals surface area contributed by atoms with Crippen LogP contribution < -0.4 is 4.57 Å². The van der Waals surface area contributed by atoms with Gasteiger partial charge in [-0.3, -0.25) is 4.55 Å². The third-order valence-electron chi connectivity index (χ3n) is 2.93. The third kappa shape index (κ3) is 1.64. The van der Waals surface area contributed by atoms with Crippen molar-refractivity contribution >= 4 is 21.9 Å². The van der Waals surface area contributed by atoms with Gasteiger partial charge in [-0.1, -0.05) is 0 Å². The van der Waals surface area contributed by atoms with Crippen LogP contribution in [0.2, 0.25) is 0 Å². The van der Waals surface area contributed by atoms with Crippen LogP contribution in [0.15, 0.2) is 47.0 Å². The third-order valence-corrected chi connectivity index (χ3v) is 3.87. The number of rotatable bonds is 1. The molecular weight excluding hydrogens is 238 g/mol. The van der Waals surface area contributed by atoms with Crippen molar-refractivity contribution in [3.05, 3.63) is 52.7 Å². The summed E-state index contributed by atoms with van der Waals surface area (Å²) in [6, 6.07) is 5.81. The van der Waals surface area contributed by atoms with E-state index in [9.17, 15) is 8.42 Å². The maximum absolute atomic E-state index is 11.1. The van der Waals surface area contributed by atoms with Crippen molar-refractivity contribution in [2.24, 2.45) is 0 Å². The molecule has 2 aliphatic rings. The molecule has 0 unspecified atom stereocenters. The quantitative estimate of drug-likeness (QED) is 0.603. The van der Waals surface area contributed by atoms with Crippen LogP contribution in [0.25, 0.3) is 11.8 Å². The highest BCUT2D eigenvalue weighted by atomic mass is 32.2. The second kappa shape index (κ2) is 3.38. The first-order valence-corrected chi connectivity index (χ1v) is 6.60. The van der Waals surface area contributed by atoms with Crippen molar-refractivity contribution in [3.8, 4) is 0 Å². The number of hydrogen-bond donors (Lipinski definition) is 1. The second-order valence-electron chi connectivity index (χ2n) is 4.00. The molecule has 0 fully saturated rings. The fourth-order valence-corrected chi connectivity index (χ4v) is 2.70. The molecule has 86 valence electrons. The Labute approximate surface area is 99.0 Å². The Kier molecular flexibility index (Phi) is 2.08. The molecule has 5 heteroatoms. The van der Waals surface area contributed by atoms with Crippen LogP contribution in [0.4, 0.5) is 0 Å². The Hall–Kier alpha value is -1.72. The monoisotopic (exact) mass is 248 g/mol. The van der Waals surface area contributed by atoms with Gasteiger partial charge in [-0.05, 0) is 12.1 Å². The summed E-state index contributed by atoms with van der Waals surface area (Å²) in [6.45, 7) is 0. The van der Waals surface area contributed by atoms with Crippen molar-refractivity contribution in [2.45, 2.75) is 6.42 Å². The van der Waals surface area contributed by atoms with Gasteiger partial charge in [-0.15, -0.1) is 0 Å². The van der Waals surface area contributed by atoms with Crippen molar-refractivity contribution in [3.63, 3.8) is 0 Å². The number of fused-ring (bicyclic) bond motifs is 3. The Bertz CT molecular complexity index is 696. The zero-order valence-corrected chi connectivity index (χ0v) is 9.68. The normalized spacial score (nSPS) is 17.8. The summed E-state index contributed by atoms with van der Waals surface area (Å²) in [5.74, 6) is 0. The van der Waals surface area contributed by atoms with E-state index in [1.165, 1.54) is 6.08 Å². The van der Waals surface area contributed by atoms with Gasteiger partial charge >= 0.3 is 0 Å². The van der Waals surface area contributed by atoms with Gasteiger partial charge in [0.05, 0.1) is 4.91 Å². The topological polar surface area (TPSA) is 58.3 Å². The Morgan fingerprint density at radius 1 is 1.24 bits per heavy atom. The molecule has 0 saturated heterocycles. The maximum Gasteiger partial charge on any atom is 0.290 e. The fraction of sp³-hybridized carbons (Fsp3) is 0.0833. The number of pyridine rings is 1. The minimum Gasteiger partial charge on any atom is -0.282 e. The number of nitrogens with zero attached hydrogens (tertiary/aromatic N) is 1. The van der Waals surface area contributed by atoms with E-state index < -0.39 is 10.1 Å². The zero-order chi connectivity index (χ0) is 12.0. The van der Waals surface area contributed by atoms with E-state index in [2.05, 4.69) is 0 Å². The summed E-state index contributed by atoms with van der Waals surface area (Å²) < 4.78 is 33.2. The minimum atomic E-state index is -4.09. The van der Waals surface area contributed by atoms with Crippen LogP contribution in [0.1, 0.15) is 12.1 Å². The van der Waals surface area contributed by atoms with Crippen molar-refractivity contribution in [1.29, 1.82) is 0 Å².